The van der Waals surface area contributed by atoms with Gasteiger partial charge in [-0.2, -0.15) is 5.26 Å². The van der Waals surface area contributed by atoms with Crippen LogP contribution in [0.5, 0.6) is 0 Å². The predicted octanol–water partition coefficient (Wildman–Crippen LogP) is 1.52. The summed E-state index contributed by atoms with van der Waals surface area (Å²) in [5, 5.41) is 12.0. The molecule has 4 nitrogen and oxygen atoms in total. The van der Waals surface area contributed by atoms with E-state index >= 15 is 0 Å². The number of nitrogens with zero attached hydrogens (tertiary/aromatic N) is 2. The highest BCUT2D eigenvalue weighted by molar-refractivity contribution is 5.96. The molecule has 1 aromatic carbocycles. The van der Waals surface area contributed by atoms with Crippen molar-refractivity contribution in [3.8, 4) is 6.07 Å². The molecule has 1 saturated heterocycles. The van der Waals surface area contributed by atoms with Crippen LogP contribution in [0.25, 0.3) is 0 Å². The molecule has 0 spiro atoms. The van der Waals surface area contributed by atoms with E-state index in [2.05, 4.69) is 18.3 Å². The molecule has 0 aliphatic carbocycles. The normalized spacial score (nSPS) is 23.2. The van der Waals surface area contributed by atoms with E-state index in [0.717, 1.165) is 12.2 Å². The van der Waals surface area contributed by atoms with Crippen LogP contribution in [0.15, 0.2) is 24.3 Å². The number of carbonyl (C=O) groups excluding carboxylic acids is 1. The van der Waals surface area contributed by atoms with Crippen molar-refractivity contribution in [3.63, 3.8) is 0 Å². The summed E-state index contributed by atoms with van der Waals surface area (Å²) < 4.78 is 0. The fourth-order valence-electron chi connectivity index (χ4n) is 2.54. The van der Waals surface area contributed by atoms with Crippen LogP contribution in [0, 0.1) is 17.2 Å². The first-order chi connectivity index (χ1) is 8.67. The minimum absolute atomic E-state index is 0.137. The van der Waals surface area contributed by atoms with Gasteiger partial charge < -0.3 is 10.2 Å². The standard InChI is InChI=1S/C14H17N3O/c1-10-12(9-16-2)7-14(18)17(10)13-5-3-4-11(6-13)8-15/h3-6,10,12,16H,7,9H2,1-2H3. The van der Waals surface area contributed by atoms with Crippen molar-refractivity contribution in [2.24, 2.45) is 5.92 Å². The molecular formula is C14H17N3O. The third kappa shape index (κ3) is 2.22. The number of hydrogen-bond donors (Lipinski definition) is 1. The Bertz CT molecular complexity index is 492. The van der Waals surface area contributed by atoms with Gasteiger partial charge in [0, 0.05) is 30.6 Å². The quantitative estimate of drug-likeness (QED) is 0.875. The SMILES string of the molecule is CNCC1CC(=O)N(c2cccc(C#N)c2)C1C. The van der Waals surface area contributed by atoms with Gasteiger partial charge in [0.25, 0.3) is 0 Å². The minimum Gasteiger partial charge on any atom is -0.319 e. The zero-order chi connectivity index (χ0) is 13.1. The molecule has 94 valence electrons. The van der Waals surface area contributed by atoms with Gasteiger partial charge in [-0.05, 0) is 32.2 Å². The van der Waals surface area contributed by atoms with Crippen molar-refractivity contribution in [3.05, 3.63) is 29.8 Å². The van der Waals surface area contributed by atoms with Crippen molar-refractivity contribution < 1.29 is 4.79 Å². The molecule has 1 aromatic rings. The molecule has 2 unspecified atom stereocenters. The molecule has 0 radical (unpaired) electrons. The van der Waals surface area contributed by atoms with E-state index in [4.69, 9.17) is 5.26 Å². The predicted molar refractivity (Wildman–Crippen MR) is 70.1 cm³/mol. The molecule has 1 N–H and O–H groups in total. The Morgan fingerprint density at radius 3 is 3.00 bits per heavy atom. The monoisotopic (exact) mass is 243 g/mol. The molecule has 0 aromatic heterocycles. The number of rotatable bonds is 3. The molecule has 1 aliphatic rings. The molecule has 2 atom stereocenters. The van der Waals surface area contributed by atoms with Gasteiger partial charge in [0.15, 0.2) is 0 Å². The molecule has 0 saturated carbocycles. The summed E-state index contributed by atoms with van der Waals surface area (Å²) in [6.07, 6.45) is 0.568. The number of nitrogens with one attached hydrogen (secondary N) is 1. The van der Waals surface area contributed by atoms with E-state index < -0.39 is 0 Å². The highest BCUT2D eigenvalue weighted by atomic mass is 16.2. The van der Waals surface area contributed by atoms with E-state index in [1.165, 1.54) is 0 Å². The summed E-state index contributed by atoms with van der Waals surface area (Å²) in [7, 11) is 1.90. The molecule has 1 fully saturated rings. The highest BCUT2D eigenvalue weighted by Crippen LogP contribution is 2.30. The molecule has 0 bridgehead atoms. The van der Waals surface area contributed by atoms with Gasteiger partial charge in [0.05, 0.1) is 11.6 Å². The number of benzene rings is 1. The molecule has 2 rings (SSSR count). The van der Waals surface area contributed by atoms with Gasteiger partial charge in [-0.15, -0.1) is 0 Å². The molecular weight excluding hydrogens is 226 g/mol. The topological polar surface area (TPSA) is 56.1 Å². The fourth-order valence-corrected chi connectivity index (χ4v) is 2.54. The maximum absolute atomic E-state index is 12.1. The van der Waals surface area contributed by atoms with Crippen LogP contribution in [-0.4, -0.2) is 25.5 Å². The summed E-state index contributed by atoms with van der Waals surface area (Å²) in [4.78, 5) is 13.9. The van der Waals surface area contributed by atoms with Crippen molar-refractivity contribution >= 4 is 11.6 Å². The first-order valence-electron chi connectivity index (χ1n) is 6.14. The van der Waals surface area contributed by atoms with Crippen LogP contribution in [0.4, 0.5) is 5.69 Å². The smallest absolute Gasteiger partial charge is 0.227 e. The summed E-state index contributed by atoms with van der Waals surface area (Å²) >= 11 is 0. The van der Waals surface area contributed by atoms with E-state index in [9.17, 15) is 4.79 Å². The van der Waals surface area contributed by atoms with Gasteiger partial charge >= 0.3 is 0 Å². The molecule has 1 aliphatic heterocycles. The maximum Gasteiger partial charge on any atom is 0.227 e. The number of anilines is 1. The Morgan fingerprint density at radius 1 is 1.56 bits per heavy atom. The lowest BCUT2D eigenvalue weighted by Crippen LogP contribution is -2.35. The number of nitriles is 1. The van der Waals surface area contributed by atoms with Gasteiger partial charge in [0.2, 0.25) is 5.91 Å². The van der Waals surface area contributed by atoms with Crippen LogP contribution < -0.4 is 10.2 Å². The molecule has 1 heterocycles. The second kappa shape index (κ2) is 5.19. The van der Waals surface area contributed by atoms with E-state index in [1.54, 1.807) is 12.1 Å². The average molecular weight is 243 g/mol. The van der Waals surface area contributed by atoms with Crippen LogP contribution >= 0.6 is 0 Å². The summed E-state index contributed by atoms with van der Waals surface area (Å²) in [6, 6.07) is 9.50. The lowest BCUT2D eigenvalue weighted by Gasteiger charge is -2.25. The number of hydrogen-bond acceptors (Lipinski definition) is 3. The van der Waals surface area contributed by atoms with Crippen LogP contribution in [-0.2, 0) is 4.79 Å². The second-order valence-electron chi connectivity index (χ2n) is 4.69. The van der Waals surface area contributed by atoms with Crippen LogP contribution in [0.3, 0.4) is 0 Å². The third-order valence-electron chi connectivity index (χ3n) is 3.51. The largest absolute Gasteiger partial charge is 0.319 e. The molecule has 1 amide bonds. The Kier molecular flexibility index (Phi) is 3.63. The summed E-state index contributed by atoms with van der Waals surface area (Å²) in [5.41, 5.74) is 1.41. The van der Waals surface area contributed by atoms with Gasteiger partial charge in [-0.3, -0.25) is 4.79 Å². The first kappa shape index (κ1) is 12.6. The molecule has 18 heavy (non-hydrogen) atoms. The van der Waals surface area contributed by atoms with E-state index in [-0.39, 0.29) is 11.9 Å². The Hall–Kier alpha value is -1.86. The highest BCUT2D eigenvalue weighted by Gasteiger charge is 2.37. The average Bonchev–Trinajstić information content (AvgIpc) is 2.65. The number of amides is 1. The van der Waals surface area contributed by atoms with Crippen molar-refractivity contribution in [2.75, 3.05) is 18.5 Å². The van der Waals surface area contributed by atoms with Gasteiger partial charge in [0.1, 0.15) is 0 Å². The van der Waals surface area contributed by atoms with Crippen molar-refractivity contribution in [1.29, 1.82) is 5.26 Å². The van der Waals surface area contributed by atoms with Crippen molar-refractivity contribution in [1.82, 2.24) is 5.32 Å². The summed E-state index contributed by atoms with van der Waals surface area (Å²) in [6.45, 7) is 2.90. The third-order valence-corrected chi connectivity index (χ3v) is 3.51. The first-order valence-corrected chi connectivity index (χ1v) is 6.14. The van der Waals surface area contributed by atoms with E-state index in [0.29, 0.717) is 17.9 Å². The number of carbonyl (C=O) groups is 1. The lowest BCUT2D eigenvalue weighted by atomic mass is 10.0. The second-order valence-corrected chi connectivity index (χ2v) is 4.69. The van der Waals surface area contributed by atoms with Gasteiger partial charge in [-0.25, -0.2) is 0 Å². The van der Waals surface area contributed by atoms with Crippen LogP contribution in [0.1, 0.15) is 18.9 Å². The Labute approximate surface area is 107 Å². The zero-order valence-electron chi connectivity index (χ0n) is 10.7. The maximum atomic E-state index is 12.1. The zero-order valence-corrected chi connectivity index (χ0v) is 10.7. The van der Waals surface area contributed by atoms with Crippen LogP contribution in [0.2, 0.25) is 0 Å². The minimum atomic E-state index is 0.137. The van der Waals surface area contributed by atoms with Gasteiger partial charge in [-0.1, -0.05) is 6.07 Å². The summed E-state index contributed by atoms with van der Waals surface area (Å²) in [5.74, 6) is 0.464. The van der Waals surface area contributed by atoms with Crippen molar-refractivity contribution in [2.45, 2.75) is 19.4 Å². The Balaban J connectivity index is 2.27. The lowest BCUT2D eigenvalue weighted by molar-refractivity contribution is -0.117. The van der Waals surface area contributed by atoms with E-state index in [1.807, 2.05) is 24.1 Å². The molecule has 4 heteroatoms. The fraction of sp³-hybridized carbons (Fsp3) is 0.429. The Morgan fingerprint density at radius 2 is 2.33 bits per heavy atom.